The Balaban J connectivity index is 1.79. The van der Waals surface area contributed by atoms with Crippen LogP contribution in [0.3, 0.4) is 0 Å². The zero-order valence-electron chi connectivity index (χ0n) is 14.1. The van der Waals surface area contributed by atoms with Gasteiger partial charge in [0.25, 0.3) is 5.91 Å². The summed E-state index contributed by atoms with van der Waals surface area (Å²) < 4.78 is 32.5. The first-order valence-electron chi connectivity index (χ1n) is 7.80. The number of hydrogen-bond donors (Lipinski definition) is 2. The lowest BCUT2D eigenvalue weighted by Crippen LogP contribution is -2.16. The van der Waals surface area contributed by atoms with Crippen LogP contribution in [0, 0.1) is 11.6 Å². The fourth-order valence-electron chi connectivity index (χ4n) is 2.34. The number of carbonyl (C=O) groups excluding carboxylic acids is 1. The molecule has 0 atom stereocenters. The molecule has 1 heterocycles. The van der Waals surface area contributed by atoms with Crippen LogP contribution in [0.5, 0.6) is 5.75 Å². The molecule has 1 amide bonds. The van der Waals surface area contributed by atoms with Gasteiger partial charge in [-0.3, -0.25) is 9.78 Å². The molecule has 0 aliphatic heterocycles. The zero-order chi connectivity index (χ0) is 19.4. The minimum atomic E-state index is -0.870. The Morgan fingerprint density at radius 2 is 1.78 bits per heavy atom. The SMILES string of the molecule is COc1ccc(Nc2ccnc(C(=O)Nc3c(F)cccc3F)c2)cc1Cl. The van der Waals surface area contributed by atoms with Crippen molar-refractivity contribution in [3.8, 4) is 5.75 Å². The molecule has 0 aliphatic carbocycles. The molecule has 0 aliphatic rings. The van der Waals surface area contributed by atoms with Gasteiger partial charge in [0, 0.05) is 17.6 Å². The van der Waals surface area contributed by atoms with E-state index in [9.17, 15) is 13.6 Å². The molecule has 138 valence electrons. The van der Waals surface area contributed by atoms with Gasteiger partial charge in [0.2, 0.25) is 0 Å². The second kappa shape index (κ2) is 8.01. The lowest BCUT2D eigenvalue weighted by atomic mass is 10.2. The molecular weight excluding hydrogens is 376 g/mol. The number of anilines is 3. The molecule has 0 saturated heterocycles. The second-order valence-electron chi connectivity index (χ2n) is 5.45. The molecule has 0 unspecified atom stereocenters. The maximum Gasteiger partial charge on any atom is 0.274 e. The van der Waals surface area contributed by atoms with Crippen molar-refractivity contribution in [1.82, 2.24) is 4.98 Å². The fourth-order valence-corrected chi connectivity index (χ4v) is 2.60. The first kappa shape index (κ1) is 18.6. The number of methoxy groups -OCH3 is 1. The zero-order valence-corrected chi connectivity index (χ0v) is 14.8. The Labute approximate surface area is 159 Å². The minimum absolute atomic E-state index is 0.0118. The van der Waals surface area contributed by atoms with Crippen LogP contribution in [-0.4, -0.2) is 18.0 Å². The van der Waals surface area contributed by atoms with E-state index in [1.54, 1.807) is 24.3 Å². The third-order valence-corrected chi connectivity index (χ3v) is 3.93. The van der Waals surface area contributed by atoms with Crippen molar-refractivity contribution < 1.29 is 18.3 Å². The monoisotopic (exact) mass is 389 g/mol. The molecule has 8 heteroatoms. The molecule has 0 radical (unpaired) electrons. The number of hydrogen-bond acceptors (Lipinski definition) is 4. The molecule has 3 rings (SSSR count). The molecule has 27 heavy (non-hydrogen) atoms. The van der Waals surface area contributed by atoms with E-state index in [-0.39, 0.29) is 5.69 Å². The Morgan fingerprint density at radius 3 is 2.44 bits per heavy atom. The summed E-state index contributed by atoms with van der Waals surface area (Å²) in [6.07, 6.45) is 1.40. The third kappa shape index (κ3) is 4.32. The fraction of sp³-hybridized carbons (Fsp3) is 0.0526. The number of nitrogens with zero attached hydrogens (tertiary/aromatic N) is 1. The number of pyridine rings is 1. The maximum absolute atomic E-state index is 13.7. The number of carbonyl (C=O) groups is 1. The normalized spacial score (nSPS) is 10.4. The Hall–Kier alpha value is -3.19. The van der Waals surface area contributed by atoms with Gasteiger partial charge in [-0.1, -0.05) is 17.7 Å². The van der Waals surface area contributed by atoms with Crippen molar-refractivity contribution in [2.45, 2.75) is 0 Å². The Kier molecular flexibility index (Phi) is 5.52. The van der Waals surface area contributed by atoms with E-state index in [0.717, 1.165) is 12.1 Å². The summed E-state index contributed by atoms with van der Waals surface area (Å²) >= 11 is 6.08. The van der Waals surface area contributed by atoms with Crippen LogP contribution in [0.1, 0.15) is 10.5 Å². The highest BCUT2D eigenvalue weighted by Gasteiger charge is 2.15. The summed E-state index contributed by atoms with van der Waals surface area (Å²) in [5.41, 5.74) is 0.677. The predicted molar refractivity (Wildman–Crippen MR) is 99.8 cm³/mol. The van der Waals surface area contributed by atoms with E-state index in [2.05, 4.69) is 15.6 Å². The predicted octanol–water partition coefficient (Wildman–Crippen LogP) is 5.02. The maximum atomic E-state index is 13.7. The standard InChI is InChI=1S/C19H14ClF2N3O2/c1-27-17-6-5-11(9-13(17)20)24-12-7-8-23-16(10-12)19(26)25-18-14(21)3-2-4-15(18)22/h2-10H,1H3,(H,23,24)(H,25,26). The van der Waals surface area contributed by atoms with E-state index < -0.39 is 23.2 Å². The molecular formula is C19H14ClF2N3O2. The number of rotatable bonds is 5. The first-order chi connectivity index (χ1) is 13.0. The number of para-hydroxylation sites is 1. The van der Waals surface area contributed by atoms with Crippen molar-refractivity contribution in [2.24, 2.45) is 0 Å². The van der Waals surface area contributed by atoms with Gasteiger partial charge in [0.1, 0.15) is 28.8 Å². The lowest BCUT2D eigenvalue weighted by molar-refractivity contribution is 0.102. The van der Waals surface area contributed by atoms with Gasteiger partial charge in [0.05, 0.1) is 12.1 Å². The van der Waals surface area contributed by atoms with Crippen LogP contribution in [0.15, 0.2) is 54.7 Å². The molecule has 0 bridgehead atoms. The van der Waals surface area contributed by atoms with Crippen LogP contribution in [0.2, 0.25) is 5.02 Å². The third-order valence-electron chi connectivity index (χ3n) is 3.63. The minimum Gasteiger partial charge on any atom is -0.495 e. The van der Waals surface area contributed by atoms with Crippen LogP contribution < -0.4 is 15.4 Å². The number of amides is 1. The first-order valence-corrected chi connectivity index (χ1v) is 8.17. The van der Waals surface area contributed by atoms with Gasteiger partial charge in [-0.2, -0.15) is 0 Å². The van der Waals surface area contributed by atoms with Crippen LogP contribution >= 0.6 is 11.6 Å². The van der Waals surface area contributed by atoms with Crippen LogP contribution in [0.25, 0.3) is 0 Å². The second-order valence-corrected chi connectivity index (χ2v) is 5.86. The van der Waals surface area contributed by atoms with Crippen molar-refractivity contribution in [1.29, 1.82) is 0 Å². The summed E-state index contributed by atoms with van der Waals surface area (Å²) in [7, 11) is 1.51. The van der Waals surface area contributed by atoms with Crippen molar-refractivity contribution in [3.63, 3.8) is 0 Å². The number of nitrogens with one attached hydrogen (secondary N) is 2. The average Bonchev–Trinajstić information content (AvgIpc) is 2.65. The van der Waals surface area contributed by atoms with Crippen molar-refractivity contribution in [2.75, 3.05) is 17.7 Å². The summed E-state index contributed by atoms with van der Waals surface area (Å²) in [6.45, 7) is 0. The summed E-state index contributed by atoms with van der Waals surface area (Å²) in [6, 6.07) is 11.5. The summed E-state index contributed by atoms with van der Waals surface area (Å²) in [5, 5.41) is 5.68. The van der Waals surface area contributed by atoms with Crippen molar-refractivity contribution >= 4 is 34.6 Å². The van der Waals surface area contributed by atoms with E-state index >= 15 is 0 Å². The van der Waals surface area contributed by atoms with Crippen LogP contribution in [-0.2, 0) is 0 Å². The van der Waals surface area contributed by atoms with E-state index in [0.29, 0.717) is 22.1 Å². The van der Waals surface area contributed by atoms with Gasteiger partial charge in [0.15, 0.2) is 0 Å². The highest BCUT2D eigenvalue weighted by atomic mass is 35.5. The highest BCUT2D eigenvalue weighted by Crippen LogP contribution is 2.29. The van der Waals surface area contributed by atoms with Crippen LogP contribution in [0.4, 0.5) is 25.8 Å². The molecule has 1 aromatic heterocycles. The number of aromatic nitrogens is 1. The summed E-state index contributed by atoms with van der Waals surface area (Å²) in [4.78, 5) is 16.2. The molecule has 0 spiro atoms. The molecule has 3 aromatic rings. The largest absolute Gasteiger partial charge is 0.495 e. The summed E-state index contributed by atoms with van der Waals surface area (Å²) in [5.74, 6) is -1.95. The van der Waals surface area contributed by atoms with Gasteiger partial charge in [-0.25, -0.2) is 8.78 Å². The van der Waals surface area contributed by atoms with Gasteiger partial charge in [-0.05, 0) is 42.5 Å². The van der Waals surface area contributed by atoms with E-state index in [1.165, 1.54) is 25.4 Å². The number of halogens is 3. The topological polar surface area (TPSA) is 63.2 Å². The average molecular weight is 390 g/mol. The van der Waals surface area contributed by atoms with Crippen molar-refractivity contribution in [3.05, 3.63) is 77.1 Å². The van der Waals surface area contributed by atoms with Gasteiger partial charge < -0.3 is 15.4 Å². The lowest BCUT2D eigenvalue weighted by Gasteiger charge is -2.11. The van der Waals surface area contributed by atoms with Gasteiger partial charge in [-0.15, -0.1) is 0 Å². The molecule has 0 fully saturated rings. The Bertz CT molecular complexity index is 978. The van der Waals surface area contributed by atoms with Gasteiger partial charge >= 0.3 is 0 Å². The number of benzene rings is 2. The quantitative estimate of drug-likeness (QED) is 0.643. The smallest absolute Gasteiger partial charge is 0.274 e. The molecule has 5 nitrogen and oxygen atoms in total. The highest BCUT2D eigenvalue weighted by molar-refractivity contribution is 6.32. The molecule has 2 N–H and O–H groups in total. The molecule has 2 aromatic carbocycles. The van der Waals surface area contributed by atoms with E-state index in [4.69, 9.17) is 16.3 Å². The Morgan fingerprint density at radius 1 is 1.07 bits per heavy atom. The molecule has 0 saturated carbocycles. The number of ether oxygens (including phenoxy) is 1. The van der Waals surface area contributed by atoms with E-state index in [1.807, 2.05) is 0 Å².